The van der Waals surface area contributed by atoms with Crippen LogP contribution in [0.25, 0.3) is 0 Å². The molecule has 0 bridgehead atoms. The molecule has 0 saturated heterocycles. The molecule has 0 aliphatic heterocycles. The Morgan fingerprint density at radius 2 is 1.84 bits per heavy atom. The van der Waals surface area contributed by atoms with Gasteiger partial charge in [0.25, 0.3) is 0 Å². The molecule has 2 aromatic carbocycles. The molecule has 6 heteroatoms. The second-order valence-electron chi connectivity index (χ2n) is 5.82. The van der Waals surface area contributed by atoms with Gasteiger partial charge in [0.2, 0.25) is 11.8 Å². The number of hydrogen-bond acceptors (Lipinski definition) is 2. The van der Waals surface area contributed by atoms with Crippen molar-refractivity contribution in [3.05, 3.63) is 70.5 Å². The summed E-state index contributed by atoms with van der Waals surface area (Å²) in [6.07, 6.45) is 0.0756. The molecule has 0 spiro atoms. The van der Waals surface area contributed by atoms with E-state index in [0.29, 0.717) is 0 Å². The standard InChI is InChI=1S/C19H20ClFN2O2/c1-13(24)22-18(14-7-4-3-5-8-14)11-19(25)23(2)12-15-16(20)9-6-10-17(15)21/h3-10,18H,11-12H2,1-2H3,(H,22,24)/t18-/m1/s1. The van der Waals surface area contributed by atoms with Crippen molar-refractivity contribution in [2.24, 2.45) is 0 Å². The molecule has 2 amide bonds. The molecular formula is C19H20ClFN2O2. The molecule has 0 heterocycles. The normalized spacial score (nSPS) is 11.7. The molecule has 0 aromatic heterocycles. The fourth-order valence-electron chi connectivity index (χ4n) is 2.52. The van der Waals surface area contributed by atoms with Crippen LogP contribution in [0.5, 0.6) is 0 Å². The lowest BCUT2D eigenvalue weighted by atomic mass is 10.0. The van der Waals surface area contributed by atoms with Crippen LogP contribution >= 0.6 is 11.6 Å². The predicted octanol–water partition coefficient (Wildman–Crippen LogP) is 3.71. The average molecular weight is 363 g/mol. The lowest BCUT2D eigenvalue weighted by Crippen LogP contribution is -2.33. The van der Waals surface area contributed by atoms with Gasteiger partial charge >= 0.3 is 0 Å². The molecule has 132 valence electrons. The third-order valence-electron chi connectivity index (χ3n) is 3.84. The Bertz CT molecular complexity index is 732. The van der Waals surface area contributed by atoms with Gasteiger partial charge in [0, 0.05) is 31.1 Å². The van der Waals surface area contributed by atoms with E-state index in [1.807, 2.05) is 30.3 Å². The molecule has 0 fully saturated rings. The van der Waals surface area contributed by atoms with E-state index in [-0.39, 0.29) is 35.4 Å². The van der Waals surface area contributed by atoms with Gasteiger partial charge in [0.15, 0.2) is 0 Å². The van der Waals surface area contributed by atoms with Gasteiger partial charge in [-0.1, -0.05) is 48.0 Å². The van der Waals surface area contributed by atoms with Gasteiger partial charge in [-0.05, 0) is 17.7 Å². The van der Waals surface area contributed by atoms with Crippen LogP contribution in [-0.2, 0) is 16.1 Å². The maximum atomic E-state index is 13.9. The van der Waals surface area contributed by atoms with E-state index in [1.54, 1.807) is 13.1 Å². The van der Waals surface area contributed by atoms with E-state index in [0.717, 1.165) is 5.56 Å². The molecule has 0 aliphatic rings. The van der Waals surface area contributed by atoms with E-state index in [4.69, 9.17) is 11.6 Å². The molecule has 2 rings (SSSR count). The van der Waals surface area contributed by atoms with Gasteiger partial charge < -0.3 is 10.2 Å². The fraction of sp³-hybridized carbons (Fsp3) is 0.263. The zero-order valence-corrected chi connectivity index (χ0v) is 14.9. The molecular weight excluding hydrogens is 343 g/mol. The second kappa shape index (κ2) is 8.62. The average Bonchev–Trinajstić information content (AvgIpc) is 2.58. The first-order valence-corrected chi connectivity index (χ1v) is 8.25. The number of carbonyl (C=O) groups is 2. The number of halogens is 2. The second-order valence-corrected chi connectivity index (χ2v) is 6.23. The molecule has 0 unspecified atom stereocenters. The van der Waals surface area contributed by atoms with Gasteiger partial charge in [-0.3, -0.25) is 9.59 Å². The smallest absolute Gasteiger partial charge is 0.225 e. The van der Waals surface area contributed by atoms with Crippen LogP contribution in [0.2, 0.25) is 5.02 Å². The van der Waals surface area contributed by atoms with Crippen molar-refractivity contribution < 1.29 is 14.0 Å². The number of hydrogen-bond donors (Lipinski definition) is 1. The lowest BCUT2D eigenvalue weighted by Gasteiger charge is -2.23. The molecule has 25 heavy (non-hydrogen) atoms. The van der Waals surface area contributed by atoms with Crippen LogP contribution in [0.3, 0.4) is 0 Å². The van der Waals surface area contributed by atoms with E-state index < -0.39 is 11.9 Å². The molecule has 1 N–H and O–H groups in total. The van der Waals surface area contributed by atoms with Crippen LogP contribution < -0.4 is 5.32 Å². The molecule has 2 aromatic rings. The van der Waals surface area contributed by atoms with E-state index in [1.165, 1.54) is 24.0 Å². The van der Waals surface area contributed by atoms with Crippen LogP contribution in [0.15, 0.2) is 48.5 Å². The highest BCUT2D eigenvalue weighted by atomic mass is 35.5. The van der Waals surface area contributed by atoms with Crippen molar-refractivity contribution in [3.8, 4) is 0 Å². The van der Waals surface area contributed by atoms with E-state index >= 15 is 0 Å². The number of nitrogens with zero attached hydrogens (tertiary/aromatic N) is 1. The summed E-state index contributed by atoms with van der Waals surface area (Å²) in [5.41, 5.74) is 1.11. The highest BCUT2D eigenvalue weighted by Gasteiger charge is 2.20. The molecule has 0 aliphatic carbocycles. The summed E-state index contributed by atoms with van der Waals surface area (Å²) in [6, 6.07) is 13.2. The Hall–Kier alpha value is -2.40. The summed E-state index contributed by atoms with van der Waals surface area (Å²) in [5.74, 6) is -0.892. The van der Waals surface area contributed by atoms with Gasteiger partial charge in [-0.25, -0.2) is 4.39 Å². The van der Waals surface area contributed by atoms with Crippen molar-refractivity contribution in [2.75, 3.05) is 7.05 Å². The largest absolute Gasteiger partial charge is 0.349 e. The first-order valence-electron chi connectivity index (χ1n) is 7.87. The third kappa shape index (κ3) is 5.29. The maximum Gasteiger partial charge on any atom is 0.225 e. The summed E-state index contributed by atoms with van der Waals surface area (Å²) in [5, 5.41) is 3.06. The van der Waals surface area contributed by atoms with Gasteiger partial charge in [0.05, 0.1) is 12.5 Å². The fourth-order valence-corrected chi connectivity index (χ4v) is 2.74. The Labute approximate surface area is 151 Å². The maximum absolute atomic E-state index is 13.9. The Morgan fingerprint density at radius 1 is 1.16 bits per heavy atom. The molecule has 4 nitrogen and oxygen atoms in total. The summed E-state index contributed by atoms with van der Waals surface area (Å²) in [7, 11) is 1.58. The van der Waals surface area contributed by atoms with E-state index in [9.17, 15) is 14.0 Å². The minimum absolute atomic E-state index is 0.0614. The zero-order chi connectivity index (χ0) is 18.4. The Kier molecular flexibility index (Phi) is 6.53. The highest BCUT2D eigenvalue weighted by Crippen LogP contribution is 2.22. The summed E-state index contributed by atoms with van der Waals surface area (Å²) in [6.45, 7) is 1.47. The van der Waals surface area contributed by atoms with Crippen molar-refractivity contribution in [3.63, 3.8) is 0 Å². The Balaban J connectivity index is 2.11. The topological polar surface area (TPSA) is 49.4 Å². The highest BCUT2D eigenvalue weighted by molar-refractivity contribution is 6.31. The van der Waals surface area contributed by atoms with Crippen LogP contribution in [-0.4, -0.2) is 23.8 Å². The monoisotopic (exact) mass is 362 g/mol. The van der Waals surface area contributed by atoms with Gasteiger partial charge in [-0.15, -0.1) is 0 Å². The number of nitrogens with one attached hydrogen (secondary N) is 1. The molecule has 0 radical (unpaired) electrons. The van der Waals surface area contributed by atoms with Crippen molar-refractivity contribution >= 4 is 23.4 Å². The van der Waals surface area contributed by atoms with Crippen LogP contribution in [0.1, 0.15) is 30.5 Å². The quantitative estimate of drug-likeness (QED) is 0.851. The summed E-state index contributed by atoms with van der Waals surface area (Å²) >= 11 is 6.01. The zero-order valence-electron chi connectivity index (χ0n) is 14.1. The van der Waals surface area contributed by atoms with Crippen LogP contribution in [0, 0.1) is 5.82 Å². The number of rotatable bonds is 6. The third-order valence-corrected chi connectivity index (χ3v) is 4.20. The molecule has 1 atom stereocenters. The number of benzene rings is 2. The van der Waals surface area contributed by atoms with E-state index in [2.05, 4.69) is 5.32 Å². The minimum atomic E-state index is -0.450. The van der Waals surface area contributed by atoms with Gasteiger partial charge in [0.1, 0.15) is 5.82 Å². The molecule has 0 saturated carbocycles. The predicted molar refractivity (Wildman–Crippen MR) is 95.5 cm³/mol. The van der Waals surface area contributed by atoms with Gasteiger partial charge in [-0.2, -0.15) is 0 Å². The number of carbonyl (C=O) groups excluding carboxylic acids is 2. The summed E-state index contributed by atoms with van der Waals surface area (Å²) < 4.78 is 13.9. The minimum Gasteiger partial charge on any atom is -0.349 e. The number of amides is 2. The SMILES string of the molecule is CC(=O)N[C@H](CC(=O)N(C)Cc1c(F)cccc1Cl)c1ccccc1. The Morgan fingerprint density at radius 3 is 2.44 bits per heavy atom. The van der Waals surface area contributed by atoms with Crippen molar-refractivity contribution in [1.82, 2.24) is 10.2 Å². The summed E-state index contributed by atoms with van der Waals surface area (Å²) in [4.78, 5) is 25.4. The first-order chi connectivity index (χ1) is 11.9. The van der Waals surface area contributed by atoms with Crippen molar-refractivity contribution in [2.45, 2.75) is 25.9 Å². The first kappa shape index (κ1) is 18.9. The lowest BCUT2D eigenvalue weighted by molar-refractivity contribution is -0.131. The van der Waals surface area contributed by atoms with Crippen LogP contribution in [0.4, 0.5) is 4.39 Å². The van der Waals surface area contributed by atoms with Crippen molar-refractivity contribution in [1.29, 1.82) is 0 Å².